The van der Waals surface area contributed by atoms with E-state index in [9.17, 15) is 4.39 Å². The average Bonchev–Trinajstić information content (AvgIpc) is 2.29. The summed E-state index contributed by atoms with van der Waals surface area (Å²) in [7, 11) is 0. The van der Waals surface area contributed by atoms with Crippen LogP contribution in [-0.4, -0.2) is 0 Å². The Kier molecular flexibility index (Phi) is 4.23. The third-order valence-corrected chi connectivity index (χ3v) is 4.35. The van der Waals surface area contributed by atoms with Crippen LogP contribution >= 0.6 is 43.5 Å². The third-order valence-electron chi connectivity index (χ3n) is 2.42. The predicted molar refractivity (Wildman–Crippen MR) is 76.3 cm³/mol. The van der Waals surface area contributed by atoms with Crippen LogP contribution in [0.3, 0.4) is 0 Å². The Hall–Kier alpha value is -0.380. The Morgan fingerprint density at radius 2 is 1.71 bits per heavy atom. The molecule has 0 saturated heterocycles. The highest BCUT2D eigenvalue weighted by Gasteiger charge is 2.17. The molecule has 0 saturated carbocycles. The van der Waals surface area contributed by atoms with Crippen molar-refractivity contribution >= 4 is 43.5 Å². The van der Waals surface area contributed by atoms with E-state index in [1.165, 1.54) is 6.07 Å². The fourth-order valence-electron chi connectivity index (χ4n) is 1.55. The van der Waals surface area contributed by atoms with E-state index in [1.807, 2.05) is 18.2 Å². The molecule has 0 aliphatic rings. The fraction of sp³-hybridized carbons (Fsp3) is 0.0769. The van der Waals surface area contributed by atoms with E-state index in [1.54, 1.807) is 18.2 Å². The van der Waals surface area contributed by atoms with Crippen LogP contribution in [0.25, 0.3) is 0 Å². The highest BCUT2D eigenvalue weighted by Crippen LogP contribution is 2.37. The zero-order valence-corrected chi connectivity index (χ0v) is 12.6. The van der Waals surface area contributed by atoms with Crippen molar-refractivity contribution < 1.29 is 4.39 Å². The zero-order chi connectivity index (χ0) is 12.4. The molecule has 1 atom stereocenters. The molecule has 0 heterocycles. The second kappa shape index (κ2) is 5.51. The quantitative estimate of drug-likeness (QED) is 0.586. The summed E-state index contributed by atoms with van der Waals surface area (Å²) in [5.74, 6) is -0.240. The maximum absolute atomic E-state index is 13.8. The van der Waals surface area contributed by atoms with E-state index < -0.39 is 0 Å². The third kappa shape index (κ3) is 2.90. The SMILES string of the molecule is Fc1cccc(Br)c1C(Br)c1ccc(Cl)cc1. The van der Waals surface area contributed by atoms with Gasteiger partial charge < -0.3 is 0 Å². The molecule has 0 aliphatic carbocycles. The molecule has 0 fully saturated rings. The van der Waals surface area contributed by atoms with Gasteiger partial charge in [0.1, 0.15) is 5.82 Å². The fourth-order valence-corrected chi connectivity index (χ4v) is 3.33. The molecule has 0 aliphatic heterocycles. The monoisotopic (exact) mass is 376 g/mol. The van der Waals surface area contributed by atoms with Crippen molar-refractivity contribution in [3.63, 3.8) is 0 Å². The summed E-state index contributed by atoms with van der Waals surface area (Å²) in [4.78, 5) is -0.199. The van der Waals surface area contributed by atoms with E-state index in [-0.39, 0.29) is 10.6 Å². The lowest BCUT2D eigenvalue weighted by molar-refractivity contribution is 0.612. The van der Waals surface area contributed by atoms with E-state index in [2.05, 4.69) is 31.9 Å². The smallest absolute Gasteiger partial charge is 0.129 e. The van der Waals surface area contributed by atoms with Gasteiger partial charge in [0.2, 0.25) is 0 Å². The molecule has 17 heavy (non-hydrogen) atoms. The maximum Gasteiger partial charge on any atom is 0.129 e. The molecule has 0 N–H and O–H groups in total. The van der Waals surface area contributed by atoms with E-state index in [0.29, 0.717) is 10.6 Å². The summed E-state index contributed by atoms with van der Waals surface area (Å²) in [6, 6.07) is 12.3. The average molecular weight is 378 g/mol. The van der Waals surface area contributed by atoms with Crippen LogP contribution in [0.5, 0.6) is 0 Å². The molecular weight excluding hydrogens is 370 g/mol. The van der Waals surface area contributed by atoms with Crippen LogP contribution in [-0.2, 0) is 0 Å². The molecule has 0 nitrogen and oxygen atoms in total. The lowest BCUT2D eigenvalue weighted by atomic mass is 10.0. The molecule has 0 amide bonds. The molecule has 88 valence electrons. The Balaban J connectivity index is 2.43. The van der Waals surface area contributed by atoms with Gasteiger partial charge in [-0.25, -0.2) is 4.39 Å². The number of benzene rings is 2. The molecule has 0 aromatic heterocycles. The lowest BCUT2D eigenvalue weighted by Gasteiger charge is -2.13. The molecule has 2 aromatic carbocycles. The molecule has 4 heteroatoms. The Morgan fingerprint density at radius 1 is 1.06 bits per heavy atom. The van der Waals surface area contributed by atoms with Crippen LogP contribution in [0.2, 0.25) is 5.02 Å². The standard InChI is InChI=1S/C13H8Br2ClF/c14-10-2-1-3-11(17)12(10)13(15)8-4-6-9(16)7-5-8/h1-7,13H. The minimum absolute atomic E-state index is 0.199. The molecule has 0 spiro atoms. The first kappa shape index (κ1) is 13.1. The minimum atomic E-state index is -0.240. The summed E-state index contributed by atoms with van der Waals surface area (Å²) in [6.07, 6.45) is 0. The molecule has 2 rings (SSSR count). The lowest BCUT2D eigenvalue weighted by Crippen LogP contribution is -1.97. The molecule has 2 aromatic rings. The summed E-state index contributed by atoms with van der Waals surface area (Å²) in [5.41, 5.74) is 1.55. The number of rotatable bonds is 2. The van der Waals surface area contributed by atoms with E-state index in [0.717, 1.165) is 10.0 Å². The van der Waals surface area contributed by atoms with Crippen LogP contribution in [0.1, 0.15) is 16.0 Å². The van der Waals surface area contributed by atoms with Gasteiger partial charge in [0.15, 0.2) is 0 Å². The van der Waals surface area contributed by atoms with Crippen molar-refractivity contribution in [1.29, 1.82) is 0 Å². The van der Waals surface area contributed by atoms with Gasteiger partial charge in [-0.1, -0.05) is 61.7 Å². The molecule has 0 radical (unpaired) electrons. The Labute approximate surface area is 121 Å². The van der Waals surface area contributed by atoms with E-state index in [4.69, 9.17) is 11.6 Å². The Bertz CT molecular complexity index is 505. The van der Waals surface area contributed by atoms with Crippen molar-refractivity contribution in [2.75, 3.05) is 0 Å². The van der Waals surface area contributed by atoms with Gasteiger partial charge in [0.05, 0.1) is 4.83 Å². The first-order chi connectivity index (χ1) is 8.09. The highest BCUT2D eigenvalue weighted by atomic mass is 79.9. The maximum atomic E-state index is 13.8. The molecule has 1 unspecified atom stereocenters. The van der Waals surface area contributed by atoms with Crippen molar-refractivity contribution in [1.82, 2.24) is 0 Å². The molecular formula is C13H8Br2ClF. The second-order valence-electron chi connectivity index (χ2n) is 3.55. The largest absolute Gasteiger partial charge is 0.207 e. The van der Waals surface area contributed by atoms with Crippen LogP contribution in [0.15, 0.2) is 46.9 Å². The summed E-state index contributed by atoms with van der Waals surface area (Å²) < 4.78 is 14.5. The van der Waals surface area contributed by atoms with Gasteiger partial charge in [-0.15, -0.1) is 0 Å². The van der Waals surface area contributed by atoms with E-state index >= 15 is 0 Å². The number of alkyl halides is 1. The van der Waals surface area contributed by atoms with Crippen molar-refractivity contribution in [2.45, 2.75) is 4.83 Å². The first-order valence-electron chi connectivity index (χ1n) is 4.93. The summed E-state index contributed by atoms with van der Waals surface area (Å²) in [6.45, 7) is 0. The van der Waals surface area contributed by atoms with Gasteiger partial charge in [0.25, 0.3) is 0 Å². The second-order valence-corrected chi connectivity index (χ2v) is 5.76. The van der Waals surface area contributed by atoms with Crippen molar-refractivity contribution in [2.24, 2.45) is 0 Å². The van der Waals surface area contributed by atoms with Gasteiger partial charge in [-0.2, -0.15) is 0 Å². The molecule has 0 bridgehead atoms. The van der Waals surface area contributed by atoms with Gasteiger partial charge in [0, 0.05) is 15.1 Å². The van der Waals surface area contributed by atoms with Gasteiger partial charge >= 0.3 is 0 Å². The summed E-state index contributed by atoms with van der Waals surface area (Å²) >= 11 is 12.7. The van der Waals surface area contributed by atoms with Gasteiger partial charge in [-0.05, 0) is 29.8 Å². The minimum Gasteiger partial charge on any atom is -0.207 e. The van der Waals surface area contributed by atoms with Crippen LogP contribution in [0.4, 0.5) is 4.39 Å². The Morgan fingerprint density at radius 3 is 2.29 bits per heavy atom. The number of hydrogen-bond donors (Lipinski definition) is 0. The highest BCUT2D eigenvalue weighted by molar-refractivity contribution is 9.11. The van der Waals surface area contributed by atoms with Crippen LogP contribution < -0.4 is 0 Å². The van der Waals surface area contributed by atoms with Crippen LogP contribution in [0, 0.1) is 5.82 Å². The van der Waals surface area contributed by atoms with Gasteiger partial charge in [-0.3, -0.25) is 0 Å². The number of halogens is 4. The van der Waals surface area contributed by atoms with Crippen molar-refractivity contribution in [3.05, 3.63) is 68.9 Å². The zero-order valence-electron chi connectivity index (χ0n) is 8.63. The van der Waals surface area contributed by atoms with Crippen molar-refractivity contribution in [3.8, 4) is 0 Å². The summed E-state index contributed by atoms with van der Waals surface area (Å²) in [5, 5.41) is 0.668. The predicted octanol–water partition coefficient (Wildman–Crippen LogP) is 5.73. The normalized spacial score (nSPS) is 12.5. The first-order valence-corrected chi connectivity index (χ1v) is 7.01. The number of hydrogen-bond acceptors (Lipinski definition) is 0. The topological polar surface area (TPSA) is 0 Å².